The zero-order valence-corrected chi connectivity index (χ0v) is 18.0. The van der Waals surface area contributed by atoms with E-state index >= 15 is 0 Å². The summed E-state index contributed by atoms with van der Waals surface area (Å²) in [6, 6.07) is 8.26. The summed E-state index contributed by atoms with van der Waals surface area (Å²) in [4.78, 5) is 62.7. The van der Waals surface area contributed by atoms with E-state index in [1.807, 2.05) is 0 Å². The minimum absolute atomic E-state index is 0.00393. The van der Waals surface area contributed by atoms with Crippen LogP contribution in [0.2, 0.25) is 0 Å². The number of rotatable bonds is 6. The largest absolute Gasteiger partial charge is 0.573 e. The number of alkyl halides is 3. The van der Waals surface area contributed by atoms with Gasteiger partial charge in [0.2, 0.25) is 17.7 Å². The average molecular weight is 489 g/mol. The second-order valence-electron chi connectivity index (χ2n) is 7.93. The molecule has 2 heterocycles. The number of ether oxygens (including phenoxy) is 1. The molecule has 35 heavy (non-hydrogen) atoms. The van der Waals surface area contributed by atoms with Gasteiger partial charge in [-0.1, -0.05) is 24.3 Å². The molecule has 1 unspecified atom stereocenters. The van der Waals surface area contributed by atoms with Crippen LogP contribution < -0.4 is 15.4 Å². The van der Waals surface area contributed by atoms with E-state index in [2.05, 4.69) is 15.4 Å². The molecule has 1 fully saturated rings. The monoisotopic (exact) mass is 489 g/mol. The molecule has 2 aromatic carbocycles. The molecule has 2 aromatic rings. The number of piperidine rings is 1. The highest BCUT2D eigenvalue weighted by Gasteiger charge is 2.45. The fourth-order valence-corrected chi connectivity index (χ4v) is 3.98. The van der Waals surface area contributed by atoms with Crippen molar-refractivity contribution in [1.82, 2.24) is 15.5 Å². The third kappa shape index (κ3) is 5.15. The molecule has 0 aliphatic carbocycles. The number of nitrogens with one attached hydrogen (secondary N) is 2. The molecule has 4 rings (SSSR count). The van der Waals surface area contributed by atoms with Crippen LogP contribution in [-0.4, -0.2) is 46.8 Å². The van der Waals surface area contributed by atoms with Crippen molar-refractivity contribution < 1.29 is 41.9 Å². The van der Waals surface area contributed by atoms with Gasteiger partial charge in [0.1, 0.15) is 11.8 Å². The number of benzene rings is 2. The second kappa shape index (κ2) is 9.20. The Bertz CT molecular complexity index is 1230. The number of hydrogen-bond donors (Lipinski definition) is 2. The van der Waals surface area contributed by atoms with Crippen LogP contribution in [-0.2, 0) is 27.3 Å². The number of imide groups is 2. The molecule has 2 N–H and O–H groups in total. The molecule has 0 spiro atoms. The first-order valence-electron chi connectivity index (χ1n) is 10.5. The van der Waals surface area contributed by atoms with Crippen LogP contribution in [0.3, 0.4) is 0 Å². The van der Waals surface area contributed by atoms with Crippen LogP contribution in [0.1, 0.15) is 44.7 Å². The van der Waals surface area contributed by atoms with Crippen LogP contribution in [0, 0.1) is 0 Å². The van der Waals surface area contributed by atoms with E-state index < -0.39 is 47.7 Å². The highest BCUT2D eigenvalue weighted by molar-refractivity contribution is 6.24. The fraction of sp³-hybridized carbons (Fsp3) is 0.261. The van der Waals surface area contributed by atoms with Gasteiger partial charge in [0.15, 0.2) is 0 Å². The van der Waals surface area contributed by atoms with E-state index in [4.69, 9.17) is 0 Å². The normalized spacial score (nSPS) is 17.8. The zero-order valence-electron chi connectivity index (χ0n) is 18.0. The van der Waals surface area contributed by atoms with Gasteiger partial charge >= 0.3 is 6.36 Å². The number of nitrogens with zero attached hydrogens (tertiary/aromatic N) is 1. The van der Waals surface area contributed by atoms with Gasteiger partial charge < -0.3 is 10.1 Å². The standard InChI is InChI=1S/C23H18F3N3O6/c24-23(25,26)35-14-6-4-12(5-7-14)10-18(31)27-11-13-2-1-3-15-19(13)22(34)29(21(15)33)16-8-9-17(30)28-20(16)32/h1-7,16H,8-11H2,(H,27,31)(H,28,30,32). The van der Waals surface area contributed by atoms with Crippen molar-refractivity contribution in [1.29, 1.82) is 0 Å². The number of hydrogen-bond acceptors (Lipinski definition) is 6. The number of fused-ring (bicyclic) bond motifs is 1. The Morgan fingerprint density at radius 3 is 2.43 bits per heavy atom. The molecule has 1 atom stereocenters. The van der Waals surface area contributed by atoms with Crippen molar-refractivity contribution in [2.24, 2.45) is 0 Å². The van der Waals surface area contributed by atoms with Crippen LogP contribution >= 0.6 is 0 Å². The van der Waals surface area contributed by atoms with Crippen LogP contribution in [0.4, 0.5) is 13.2 Å². The van der Waals surface area contributed by atoms with E-state index in [0.717, 1.165) is 17.0 Å². The van der Waals surface area contributed by atoms with Crippen molar-refractivity contribution >= 4 is 29.5 Å². The molecule has 2 aliphatic rings. The minimum Gasteiger partial charge on any atom is -0.406 e. The predicted molar refractivity (Wildman–Crippen MR) is 112 cm³/mol. The Morgan fingerprint density at radius 1 is 1.06 bits per heavy atom. The molecular weight excluding hydrogens is 471 g/mol. The van der Waals surface area contributed by atoms with Gasteiger partial charge in [-0.2, -0.15) is 0 Å². The molecule has 0 saturated carbocycles. The van der Waals surface area contributed by atoms with E-state index in [1.165, 1.54) is 18.2 Å². The van der Waals surface area contributed by atoms with Crippen molar-refractivity contribution in [2.75, 3.05) is 0 Å². The Labute approximate surface area is 196 Å². The summed E-state index contributed by atoms with van der Waals surface area (Å²) in [5, 5.41) is 4.74. The molecule has 2 aliphatic heterocycles. The first kappa shape index (κ1) is 23.9. The van der Waals surface area contributed by atoms with Gasteiger partial charge in [-0.3, -0.25) is 34.2 Å². The molecule has 5 amide bonds. The topological polar surface area (TPSA) is 122 Å². The van der Waals surface area contributed by atoms with Crippen molar-refractivity contribution in [2.45, 2.75) is 38.2 Å². The lowest BCUT2D eigenvalue weighted by Gasteiger charge is -2.27. The van der Waals surface area contributed by atoms with Crippen LogP contribution in [0.25, 0.3) is 0 Å². The molecule has 0 aromatic heterocycles. The molecular formula is C23H18F3N3O6. The molecule has 182 valence electrons. The van der Waals surface area contributed by atoms with Gasteiger partial charge in [0.05, 0.1) is 17.5 Å². The first-order valence-corrected chi connectivity index (χ1v) is 10.5. The van der Waals surface area contributed by atoms with Crippen LogP contribution in [0.5, 0.6) is 5.75 Å². The molecule has 9 nitrogen and oxygen atoms in total. The maximum absolute atomic E-state index is 13.1. The Balaban J connectivity index is 1.42. The van der Waals surface area contributed by atoms with E-state index in [1.54, 1.807) is 12.1 Å². The summed E-state index contributed by atoms with van der Waals surface area (Å²) in [5.74, 6) is -3.43. The maximum atomic E-state index is 13.1. The second-order valence-corrected chi connectivity index (χ2v) is 7.93. The van der Waals surface area contributed by atoms with Gasteiger partial charge in [0.25, 0.3) is 11.8 Å². The quantitative estimate of drug-likeness (QED) is 0.598. The maximum Gasteiger partial charge on any atom is 0.573 e. The lowest BCUT2D eigenvalue weighted by Crippen LogP contribution is -2.54. The van der Waals surface area contributed by atoms with Crippen molar-refractivity contribution in [3.8, 4) is 5.75 Å². The highest BCUT2D eigenvalue weighted by atomic mass is 19.4. The molecule has 12 heteroatoms. The molecule has 0 radical (unpaired) electrons. The summed E-state index contributed by atoms with van der Waals surface area (Å²) in [5.41, 5.74) is 0.950. The van der Waals surface area contributed by atoms with Crippen LogP contribution in [0.15, 0.2) is 42.5 Å². The third-order valence-corrected chi connectivity index (χ3v) is 5.55. The zero-order chi connectivity index (χ0) is 25.3. The Kier molecular flexibility index (Phi) is 6.29. The molecule has 1 saturated heterocycles. The number of carbonyl (C=O) groups excluding carboxylic acids is 5. The Morgan fingerprint density at radius 2 is 1.77 bits per heavy atom. The van der Waals surface area contributed by atoms with Gasteiger partial charge in [-0.25, -0.2) is 0 Å². The van der Waals surface area contributed by atoms with E-state index in [-0.39, 0.29) is 36.9 Å². The summed E-state index contributed by atoms with van der Waals surface area (Å²) >= 11 is 0. The fourth-order valence-electron chi connectivity index (χ4n) is 3.98. The van der Waals surface area contributed by atoms with Gasteiger partial charge in [0, 0.05) is 13.0 Å². The number of halogens is 3. The lowest BCUT2D eigenvalue weighted by atomic mass is 10.0. The predicted octanol–water partition coefficient (Wildman–Crippen LogP) is 1.85. The van der Waals surface area contributed by atoms with E-state index in [0.29, 0.717) is 11.1 Å². The molecule has 0 bridgehead atoms. The number of amides is 5. The minimum atomic E-state index is -4.82. The number of carbonyl (C=O) groups is 5. The first-order chi connectivity index (χ1) is 16.5. The smallest absolute Gasteiger partial charge is 0.406 e. The summed E-state index contributed by atoms with van der Waals surface area (Å²) in [7, 11) is 0. The Hall–Kier alpha value is -4.22. The average Bonchev–Trinajstić information content (AvgIpc) is 3.03. The van der Waals surface area contributed by atoms with Gasteiger partial charge in [-0.05, 0) is 35.7 Å². The summed E-state index contributed by atoms with van der Waals surface area (Å²) in [6.45, 7) is -0.0977. The SMILES string of the molecule is O=C(Cc1ccc(OC(F)(F)F)cc1)NCc1cccc2c1C(=O)N(C1CCC(=O)NC1=O)C2=O. The van der Waals surface area contributed by atoms with Crippen molar-refractivity contribution in [3.05, 3.63) is 64.7 Å². The third-order valence-electron chi connectivity index (χ3n) is 5.55. The highest BCUT2D eigenvalue weighted by Crippen LogP contribution is 2.30. The van der Waals surface area contributed by atoms with Crippen molar-refractivity contribution in [3.63, 3.8) is 0 Å². The lowest BCUT2D eigenvalue weighted by molar-refractivity contribution is -0.274. The van der Waals surface area contributed by atoms with Gasteiger partial charge in [-0.15, -0.1) is 13.2 Å². The van der Waals surface area contributed by atoms with E-state index in [9.17, 15) is 37.1 Å². The summed E-state index contributed by atoms with van der Waals surface area (Å²) in [6.07, 6.45) is -4.94. The summed E-state index contributed by atoms with van der Waals surface area (Å²) < 4.78 is 40.6.